The minimum Gasteiger partial charge on any atom is -0.394 e. The van der Waals surface area contributed by atoms with E-state index in [1.54, 1.807) is 12.2 Å². The minimum absolute atomic E-state index is 0.00260. The zero-order valence-electron chi connectivity index (χ0n) is 7.69. The van der Waals surface area contributed by atoms with Crippen LogP contribution in [0.25, 0.3) is 0 Å². The van der Waals surface area contributed by atoms with E-state index in [0.29, 0.717) is 0 Å². The van der Waals surface area contributed by atoms with E-state index in [1.807, 2.05) is 6.92 Å². The monoisotopic (exact) mass is 182 g/mol. The molecule has 0 bridgehead atoms. The van der Waals surface area contributed by atoms with Crippen LogP contribution in [0.2, 0.25) is 0 Å². The highest BCUT2D eigenvalue weighted by Crippen LogP contribution is 2.22. The topological polar surface area (TPSA) is 46.5 Å². The van der Waals surface area contributed by atoms with Crippen LogP contribution >= 0.6 is 0 Å². The highest BCUT2D eigenvalue weighted by molar-refractivity contribution is 6.00. The second kappa shape index (κ2) is 4.35. The van der Waals surface area contributed by atoms with E-state index < -0.39 is 5.60 Å². The van der Waals surface area contributed by atoms with Crippen molar-refractivity contribution in [3.05, 3.63) is 24.3 Å². The van der Waals surface area contributed by atoms with E-state index in [1.165, 1.54) is 12.2 Å². The molecule has 1 aliphatic carbocycles. The molecule has 72 valence electrons. The van der Waals surface area contributed by atoms with Crippen molar-refractivity contribution in [1.82, 2.24) is 0 Å². The Bertz CT molecular complexity index is 225. The Hall–Kier alpha value is -0.930. The Balaban J connectivity index is 2.65. The molecule has 0 aromatic heterocycles. The van der Waals surface area contributed by atoms with E-state index in [2.05, 4.69) is 0 Å². The highest BCUT2D eigenvalue weighted by atomic mass is 16.5. The molecule has 0 atom stereocenters. The number of allylic oxidation sites excluding steroid dienone is 2. The number of aliphatic hydroxyl groups is 1. The minimum atomic E-state index is -0.489. The Kier molecular flexibility index (Phi) is 3.39. The molecule has 3 heteroatoms. The van der Waals surface area contributed by atoms with Gasteiger partial charge in [-0.05, 0) is 30.7 Å². The maximum atomic E-state index is 10.9. The summed E-state index contributed by atoms with van der Waals surface area (Å²) in [6.07, 6.45) is 7.24. The Morgan fingerprint density at radius 2 is 2.08 bits per heavy atom. The summed E-state index contributed by atoms with van der Waals surface area (Å²) in [7, 11) is 0. The fourth-order valence-electron chi connectivity index (χ4n) is 1.23. The van der Waals surface area contributed by atoms with Crippen LogP contribution in [0.4, 0.5) is 0 Å². The molecule has 0 saturated heterocycles. The first-order chi connectivity index (χ1) is 6.22. The first kappa shape index (κ1) is 10.2. The number of hydrogen-bond donors (Lipinski definition) is 1. The molecule has 0 aliphatic heterocycles. The van der Waals surface area contributed by atoms with Gasteiger partial charge in [-0.15, -0.1) is 0 Å². The second-order valence-corrected chi connectivity index (χ2v) is 2.95. The van der Waals surface area contributed by atoms with Crippen LogP contribution in [0.1, 0.15) is 13.3 Å². The van der Waals surface area contributed by atoms with Crippen molar-refractivity contribution in [3.63, 3.8) is 0 Å². The molecule has 0 saturated carbocycles. The second-order valence-electron chi connectivity index (χ2n) is 2.95. The van der Waals surface area contributed by atoms with Crippen LogP contribution in [-0.4, -0.2) is 29.7 Å². The summed E-state index contributed by atoms with van der Waals surface area (Å²) in [5, 5.41) is 8.62. The van der Waals surface area contributed by atoms with Crippen molar-refractivity contribution in [3.8, 4) is 0 Å². The standard InChI is InChI=1S/C10H14O3/c1-2-10(13-8-7-11)5-3-9(12)4-6-10/h3-6,11H,2,7-8H2,1H3. The average molecular weight is 182 g/mol. The molecule has 1 aliphatic rings. The lowest BCUT2D eigenvalue weighted by atomic mass is 9.94. The number of ether oxygens (including phenoxy) is 1. The fraction of sp³-hybridized carbons (Fsp3) is 0.500. The zero-order chi connectivity index (χ0) is 9.73. The molecule has 13 heavy (non-hydrogen) atoms. The molecule has 3 nitrogen and oxygen atoms in total. The molecule has 0 radical (unpaired) electrons. The Labute approximate surface area is 77.7 Å². The van der Waals surface area contributed by atoms with E-state index in [-0.39, 0.29) is 19.0 Å². The fourth-order valence-corrected chi connectivity index (χ4v) is 1.23. The predicted octanol–water partition coefficient (Wildman–Crippen LogP) is 0.839. The number of carbonyl (C=O) groups is 1. The highest BCUT2D eigenvalue weighted by Gasteiger charge is 2.24. The lowest BCUT2D eigenvalue weighted by molar-refractivity contribution is -0.111. The van der Waals surface area contributed by atoms with Crippen molar-refractivity contribution in [2.24, 2.45) is 0 Å². The quantitative estimate of drug-likeness (QED) is 0.700. The molecule has 0 aromatic rings. The molecule has 0 heterocycles. The van der Waals surface area contributed by atoms with Crippen molar-refractivity contribution in [1.29, 1.82) is 0 Å². The normalized spacial score (nSPS) is 19.4. The van der Waals surface area contributed by atoms with Crippen molar-refractivity contribution in [2.45, 2.75) is 18.9 Å². The summed E-state index contributed by atoms with van der Waals surface area (Å²) >= 11 is 0. The summed E-state index contributed by atoms with van der Waals surface area (Å²) in [6, 6.07) is 0. The first-order valence-electron chi connectivity index (χ1n) is 4.40. The van der Waals surface area contributed by atoms with Gasteiger partial charge < -0.3 is 9.84 Å². The van der Waals surface area contributed by atoms with Gasteiger partial charge >= 0.3 is 0 Å². The van der Waals surface area contributed by atoms with E-state index >= 15 is 0 Å². The zero-order valence-corrected chi connectivity index (χ0v) is 7.69. The lowest BCUT2D eigenvalue weighted by Crippen LogP contribution is -2.30. The third-order valence-corrected chi connectivity index (χ3v) is 2.07. The van der Waals surface area contributed by atoms with Gasteiger partial charge in [-0.2, -0.15) is 0 Å². The third-order valence-electron chi connectivity index (χ3n) is 2.07. The number of ketones is 1. The van der Waals surface area contributed by atoms with Gasteiger partial charge in [-0.3, -0.25) is 4.79 Å². The third kappa shape index (κ3) is 2.50. The SMILES string of the molecule is CCC1(OCCO)C=CC(=O)C=C1. The van der Waals surface area contributed by atoms with Crippen molar-refractivity contribution < 1.29 is 14.6 Å². The van der Waals surface area contributed by atoms with Crippen LogP contribution in [0.3, 0.4) is 0 Å². The average Bonchev–Trinajstić information content (AvgIpc) is 2.18. The number of aliphatic hydroxyl groups excluding tert-OH is 1. The van der Waals surface area contributed by atoms with E-state index in [9.17, 15) is 4.79 Å². The molecular weight excluding hydrogens is 168 g/mol. The maximum absolute atomic E-state index is 10.9. The summed E-state index contributed by atoms with van der Waals surface area (Å²) in [4.78, 5) is 10.9. The first-order valence-corrected chi connectivity index (χ1v) is 4.40. The predicted molar refractivity (Wildman–Crippen MR) is 49.3 cm³/mol. The van der Waals surface area contributed by atoms with Gasteiger partial charge in [0.1, 0.15) is 5.60 Å². The summed E-state index contributed by atoms with van der Waals surface area (Å²) < 4.78 is 5.44. The lowest BCUT2D eigenvalue weighted by Gasteiger charge is -2.27. The number of rotatable bonds is 4. The molecule has 0 aromatic carbocycles. The van der Waals surface area contributed by atoms with Gasteiger partial charge in [0, 0.05) is 0 Å². The van der Waals surface area contributed by atoms with Gasteiger partial charge in [-0.25, -0.2) is 0 Å². The molecular formula is C10H14O3. The van der Waals surface area contributed by atoms with Crippen LogP contribution < -0.4 is 0 Å². The van der Waals surface area contributed by atoms with Gasteiger partial charge in [-0.1, -0.05) is 6.92 Å². The molecule has 1 rings (SSSR count). The van der Waals surface area contributed by atoms with Gasteiger partial charge in [0.15, 0.2) is 5.78 Å². The molecule has 1 N–H and O–H groups in total. The molecule has 0 fully saturated rings. The Morgan fingerprint density at radius 3 is 2.54 bits per heavy atom. The van der Waals surface area contributed by atoms with Crippen LogP contribution in [-0.2, 0) is 9.53 Å². The summed E-state index contributed by atoms with van der Waals surface area (Å²) in [5.74, 6) is -0.0170. The van der Waals surface area contributed by atoms with Crippen LogP contribution in [0, 0.1) is 0 Å². The molecule has 0 unspecified atom stereocenters. The van der Waals surface area contributed by atoms with Crippen LogP contribution in [0.5, 0.6) is 0 Å². The summed E-state index contributed by atoms with van der Waals surface area (Å²) in [6.45, 7) is 2.26. The van der Waals surface area contributed by atoms with Gasteiger partial charge in [0.2, 0.25) is 0 Å². The van der Waals surface area contributed by atoms with Crippen LogP contribution in [0.15, 0.2) is 24.3 Å². The van der Waals surface area contributed by atoms with E-state index in [4.69, 9.17) is 9.84 Å². The largest absolute Gasteiger partial charge is 0.394 e. The van der Waals surface area contributed by atoms with Crippen molar-refractivity contribution in [2.75, 3.05) is 13.2 Å². The number of hydrogen-bond acceptors (Lipinski definition) is 3. The van der Waals surface area contributed by atoms with Gasteiger partial charge in [0.05, 0.1) is 13.2 Å². The Morgan fingerprint density at radius 1 is 1.46 bits per heavy atom. The molecule has 0 spiro atoms. The van der Waals surface area contributed by atoms with Gasteiger partial charge in [0.25, 0.3) is 0 Å². The molecule has 0 amide bonds. The summed E-state index contributed by atoms with van der Waals surface area (Å²) in [5.41, 5.74) is -0.489. The van der Waals surface area contributed by atoms with E-state index in [0.717, 1.165) is 6.42 Å². The smallest absolute Gasteiger partial charge is 0.178 e. The van der Waals surface area contributed by atoms with Crippen molar-refractivity contribution >= 4 is 5.78 Å². The number of carbonyl (C=O) groups excluding carboxylic acids is 1. The maximum Gasteiger partial charge on any atom is 0.178 e.